The quantitative estimate of drug-likeness (QED) is 0.783. The first-order valence-corrected chi connectivity index (χ1v) is 8.72. The number of halogens is 1. The molecular weight excluding hydrogens is 291 g/mol. The summed E-state index contributed by atoms with van der Waals surface area (Å²) in [5.41, 5.74) is 5.80. The Balaban J connectivity index is 3.15. The molecule has 5 nitrogen and oxygen atoms in total. The van der Waals surface area contributed by atoms with Crippen molar-refractivity contribution in [3.63, 3.8) is 0 Å². The average Bonchev–Trinajstić information content (AvgIpc) is 2.24. The van der Waals surface area contributed by atoms with Crippen molar-refractivity contribution in [1.82, 2.24) is 4.72 Å². The van der Waals surface area contributed by atoms with E-state index >= 15 is 0 Å². The van der Waals surface area contributed by atoms with Gasteiger partial charge in [0.2, 0.25) is 10.0 Å². The lowest BCUT2D eigenvalue weighted by Crippen LogP contribution is -2.29. The van der Waals surface area contributed by atoms with Crippen LogP contribution in [0.5, 0.6) is 0 Å². The molecule has 0 heterocycles. The molecule has 0 bridgehead atoms. The summed E-state index contributed by atoms with van der Waals surface area (Å²) in [6, 6.07) is 1.09. The molecule has 0 saturated carbocycles. The fraction of sp³-hybridized carbons (Fsp3) is 0.455. The number of nitrogen functional groups attached to an aromatic ring is 1. The molecule has 3 N–H and O–H groups in total. The van der Waals surface area contributed by atoms with E-state index in [2.05, 4.69) is 4.72 Å². The van der Waals surface area contributed by atoms with Crippen LogP contribution in [0, 0.1) is 19.7 Å². The van der Waals surface area contributed by atoms with Crippen LogP contribution >= 0.6 is 0 Å². The number of aryl methyl sites for hydroxylation is 1. The van der Waals surface area contributed by atoms with Gasteiger partial charge in [0.1, 0.15) is 5.82 Å². The van der Waals surface area contributed by atoms with E-state index in [1.807, 2.05) is 0 Å². The number of nitrogens with one attached hydrogen (secondary N) is 1. The monoisotopic (exact) mass is 308 g/mol. The largest absolute Gasteiger partial charge is 0.396 e. The molecule has 0 fully saturated rings. The third kappa shape index (κ3) is 3.74. The molecular formula is C11H17FN2O3S2. The third-order valence-corrected chi connectivity index (χ3v) is 5.18. The number of hydrogen-bond donors (Lipinski definition) is 2. The predicted octanol–water partition coefficient (Wildman–Crippen LogP) is 0.682. The molecule has 0 aliphatic carbocycles. The summed E-state index contributed by atoms with van der Waals surface area (Å²) >= 11 is 0. The summed E-state index contributed by atoms with van der Waals surface area (Å²) in [5, 5.41) is 0. The molecule has 1 aromatic carbocycles. The van der Waals surface area contributed by atoms with Gasteiger partial charge in [-0.1, -0.05) is 0 Å². The van der Waals surface area contributed by atoms with E-state index in [0.29, 0.717) is 0 Å². The molecule has 108 valence electrons. The zero-order valence-electron chi connectivity index (χ0n) is 11.0. The van der Waals surface area contributed by atoms with Crippen molar-refractivity contribution >= 4 is 26.5 Å². The molecule has 19 heavy (non-hydrogen) atoms. The number of benzene rings is 1. The SMILES string of the molecule is Cc1cc(F)c(N)c(C)c1S(=O)(=O)NCCS(C)=O. The Morgan fingerprint density at radius 2 is 2.00 bits per heavy atom. The number of hydrogen-bond acceptors (Lipinski definition) is 4. The van der Waals surface area contributed by atoms with Crippen LogP contribution in [0.1, 0.15) is 11.1 Å². The van der Waals surface area contributed by atoms with E-state index in [9.17, 15) is 17.0 Å². The number of nitrogens with two attached hydrogens (primary N) is 1. The Bertz CT molecular complexity index is 615. The van der Waals surface area contributed by atoms with Crippen molar-refractivity contribution < 1.29 is 17.0 Å². The van der Waals surface area contributed by atoms with E-state index in [1.165, 1.54) is 20.1 Å². The van der Waals surface area contributed by atoms with Gasteiger partial charge in [-0.3, -0.25) is 4.21 Å². The molecule has 0 saturated heterocycles. The molecule has 0 aliphatic rings. The topological polar surface area (TPSA) is 89.3 Å². The fourth-order valence-corrected chi connectivity index (χ4v) is 3.77. The molecule has 0 aromatic heterocycles. The first kappa shape index (κ1) is 16.1. The van der Waals surface area contributed by atoms with E-state index in [1.54, 1.807) is 0 Å². The second-order valence-corrected chi connectivity index (χ2v) is 7.48. The van der Waals surface area contributed by atoms with E-state index in [-0.39, 0.29) is 34.0 Å². The third-order valence-electron chi connectivity index (χ3n) is 2.65. The second kappa shape index (κ2) is 5.98. The van der Waals surface area contributed by atoms with Gasteiger partial charge in [-0.15, -0.1) is 0 Å². The van der Waals surface area contributed by atoms with Crippen molar-refractivity contribution in [3.8, 4) is 0 Å². The minimum absolute atomic E-state index is 0.0201. The van der Waals surface area contributed by atoms with Crippen LogP contribution in [0.25, 0.3) is 0 Å². The van der Waals surface area contributed by atoms with Gasteiger partial charge in [0.05, 0.1) is 10.6 Å². The Morgan fingerprint density at radius 1 is 1.42 bits per heavy atom. The molecule has 0 amide bonds. The van der Waals surface area contributed by atoms with E-state index in [4.69, 9.17) is 5.73 Å². The Morgan fingerprint density at radius 3 is 2.53 bits per heavy atom. The summed E-state index contributed by atoms with van der Waals surface area (Å²) in [6.07, 6.45) is 1.49. The van der Waals surface area contributed by atoms with Crippen molar-refractivity contribution in [3.05, 3.63) is 23.0 Å². The predicted molar refractivity (Wildman–Crippen MR) is 74.4 cm³/mol. The number of rotatable bonds is 5. The number of sulfonamides is 1. The first-order chi connectivity index (χ1) is 8.66. The minimum atomic E-state index is -3.79. The fourth-order valence-electron chi connectivity index (χ4n) is 1.74. The summed E-state index contributed by atoms with van der Waals surface area (Å²) < 4.78 is 50.9. The maximum atomic E-state index is 13.4. The van der Waals surface area contributed by atoms with Crippen LogP contribution in [0.15, 0.2) is 11.0 Å². The minimum Gasteiger partial charge on any atom is -0.396 e. The van der Waals surface area contributed by atoms with Crippen LogP contribution in [0.4, 0.5) is 10.1 Å². The van der Waals surface area contributed by atoms with Crippen LogP contribution in [0.2, 0.25) is 0 Å². The lowest BCUT2D eigenvalue weighted by molar-refractivity contribution is 0.581. The number of anilines is 1. The molecule has 0 spiro atoms. The molecule has 1 rings (SSSR count). The maximum Gasteiger partial charge on any atom is 0.241 e. The van der Waals surface area contributed by atoms with Crippen molar-refractivity contribution in [1.29, 1.82) is 0 Å². The molecule has 1 aromatic rings. The zero-order chi connectivity index (χ0) is 14.8. The normalized spacial score (nSPS) is 13.5. The Kier molecular flexibility index (Phi) is 5.05. The molecule has 1 unspecified atom stereocenters. The Labute approximate surface area is 114 Å². The van der Waals surface area contributed by atoms with Crippen LogP contribution < -0.4 is 10.5 Å². The zero-order valence-corrected chi connectivity index (χ0v) is 12.6. The first-order valence-electron chi connectivity index (χ1n) is 5.51. The highest BCUT2D eigenvalue weighted by atomic mass is 32.2. The van der Waals surface area contributed by atoms with Crippen molar-refractivity contribution in [2.45, 2.75) is 18.7 Å². The molecule has 1 atom stereocenters. The molecule has 8 heteroatoms. The van der Waals surface area contributed by atoms with Gasteiger partial charge in [-0.05, 0) is 31.0 Å². The lowest BCUT2D eigenvalue weighted by atomic mass is 10.1. The van der Waals surface area contributed by atoms with Gasteiger partial charge in [-0.25, -0.2) is 17.5 Å². The Hall–Kier alpha value is -0.990. The highest BCUT2D eigenvalue weighted by molar-refractivity contribution is 7.89. The van der Waals surface area contributed by atoms with Crippen LogP contribution in [0.3, 0.4) is 0 Å². The van der Waals surface area contributed by atoms with E-state index in [0.717, 1.165) is 6.07 Å². The average molecular weight is 308 g/mol. The summed E-state index contributed by atoms with van der Waals surface area (Å²) in [6.45, 7) is 3.02. The van der Waals surface area contributed by atoms with Gasteiger partial charge in [0.25, 0.3) is 0 Å². The summed E-state index contributed by atoms with van der Waals surface area (Å²) in [7, 11) is -4.87. The molecule has 0 radical (unpaired) electrons. The smallest absolute Gasteiger partial charge is 0.241 e. The van der Waals surface area contributed by atoms with Gasteiger partial charge in [0, 0.05) is 29.4 Å². The standard InChI is InChI=1S/C11H17FN2O3S2/c1-7-6-9(12)10(13)8(2)11(7)19(16,17)14-4-5-18(3)15/h6,14H,4-5,13H2,1-3H3. The van der Waals surface area contributed by atoms with Crippen molar-refractivity contribution in [2.24, 2.45) is 0 Å². The van der Waals surface area contributed by atoms with Crippen molar-refractivity contribution in [2.75, 3.05) is 24.3 Å². The lowest BCUT2D eigenvalue weighted by Gasteiger charge is -2.14. The maximum absolute atomic E-state index is 13.4. The van der Waals surface area contributed by atoms with Gasteiger partial charge in [0.15, 0.2) is 0 Å². The highest BCUT2D eigenvalue weighted by Gasteiger charge is 2.22. The summed E-state index contributed by atoms with van der Waals surface area (Å²) in [5.74, 6) is -0.419. The second-order valence-electron chi connectivity index (χ2n) is 4.22. The highest BCUT2D eigenvalue weighted by Crippen LogP contribution is 2.27. The van der Waals surface area contributed by atoms with Gasteiger partial charge >= 0.3 is 0 Å². The molecule has 0 aliphatic heterocycles. The van der Waals surface area contributed by atoms with Crippen LogP contribution in [-0.2, 0) is 20.8 Å². The van der Waals surface area contributed by atoms with Gasteiger partial charge < -0.3 is 5.73 Å². The van der Waals surface area contributed by atoms with E-state index < -0.39 is 26.6 Å². The summed E-state index contributed by atoms with van der Waals surface area (Å²) in [4.78, 5) is -0.0201. The van der Waals surface area contributed by atoms with Crippen LogP contribution in [-0.4, -0.2) is 31.2 Å². The van der Waals surface area contributed by atoms with Gasteiger partial charge in [-0.2, -0.15) is 0 Å².